The van der Waals surface area contributed by atoms with Crippen molar-refractivity contribution in [2.45, 2.75) is 73.1 Å². The van der Waals surface area contributed by atoms with Gasteiger partial charge in [0.05, 0.1) is 0 Å². The van der Waals surface area contributed by atoms with Gasteiger partial charge in [0, 0.05) is 12.3 Å². The minimum absolute atomic E-state index is 0.280. The first-order valence-electron chi connectivity index (χ1n) is 7.00. The second-order valence-corrected chi connectivity index (χ2v) is 5.74. The van der Waals surface area contributed by atoms with Crippen molar-refractivity contribution < 1.29 is 4.79 Å². The van der Waals surface area contributed by atoms with Crippen LogP contribution in [0, 0.1) is 17.8 Å². The van der Waals surface area contributed by atoms with Gasteiger partial charge in [-0.2, -0.15) is 0 Å². The summed E-state index contributed by atoms with van der Waals surface area (Å²) in [7, 11) is 0. The fraction of sp³-hybridized carbons (Fsp3) is 0.933. The summed E-state index contributed by atoms with van der Waals surface area (Å²) in [6.07, 6.45) is 6.59. The smallest absolute Gasteiger partial charge is 0.135 e. The molecule has 0 aromatic rings. The molecule has 0 bridgehead atoms. The van der Waals surface area contributed by atoms with Gasteiger partial charge < -0.3 is 0 Å². The van der Waals surface area contributed by atoms with Crippen molar-refractivity contribution in [3.05, 3.63) is 0 Å². The summed E-state index contributed by atoms with van der Waals surface area (Å²) in [4.78, 5) is 11.8. The lowest BCUT2D eigenvalue weighted by molar-refractivity contribution is -0.122. The maximum atomic E-state index is 11.8. The summed E-state index contributed by atoms with van der Waals surface area (Å²) < 4.78 is 0. The van der Waals surface area contributed by atoms with Crippen molar-refractivity contribution in [3.8, 4) is 0 Å². The number of ketones is 1. The first-order valence-corrected chi connectivity index (χ1v) is 7.00. The molecule has 96 valence electrons. The number of carbonyl (C=O) groups is 1. The Labute approximate surface area is 102 Å². The maximum absolute atomic E-state index is 11.8. The van der Waals surface area contributed by atoms with E-state index in [4.69, 9.17) is 0 Å². The zero-order valence-corrected chi connectivity index (χ0v) is 11.9. The van der Waals surface area contributed by atoms with E-state index in [1.807, 2.05) is 0 Å². The van der Waals surface area contributed by atoms with Crippen LogP contribution in [0.5, 0.6) is 0 Å². The molecule has 2 atom stereocenters. The third-order valence-electron chi connectivity index (χ3n) is 3.55. The Kier molecular flexibility index (Phi) is 8.60. The second kappa shape index (κ2) is 8.78. The molecule has 0 rings (SSSR count). The molecule has 0 heterocycles. The Morgan fingerprint density at radius 3 is 2.12 bits per heavy atom. The molecule has 16 heavy (non-hydrogen) atoms. The molecule has 0 aliphatic carbocycles. The molecule has 0 saturated heterocycles. The summed E-state index contributed by atoms with van der Waals surface area (Å²) in [6, 6.07) is 0. The molecule has 0 aromatic heterocycles. The lowest BCUT2D eigenvalue weighted by atomic mass is 9.92. The highest BCUT2D eigenvalue weighted by Gasteiger charge is 2.13. The molecule has 1 nitrogen and oxygen atoms in total. The van der Waals surface area contributed by atoms with Gasteiger partial charge in [-0.3, -0.25) is 4.79 Å². The van der Waals surface area contributed by atoms with Crippen molar-refractivity contribution in [1.29, 1.82) is 0 Å². The number of hydrogen-bond donors (Lipinski definition) is 0. The highest BCUT2D eigenvalue weighted by molar-refractivity contribution is 5.80. The lowest BCUT2D eigenvalue weighted by Gasteiger charge is -2.13. The van der Waals surface area contributed by atoms with E-state index in [0.29, 0.717) is 11.7 Å². The minimum Gasteiger partial charge on any atom is -0.299 e. The zero-order valence-electron chi connectivity index (χ0n) is 11.9. The van der Waals surface area contributed by atoms with Gasteiger partial charge in [0.25, 0.3) is 0 Å². The van der Waals surface area contributed by atoms with E-state index in [1.165, 1.54) is 19.3 Å². The van der Waals surface area contributed by atoms with Crippen LogP contribution in [0.2, 0.25) is 0 Å². The van der Waals surface area contributed by atoms with Crippen molar-refractivity contribution >= 4 is 5.78 Å². The lowest BCUT2D eigenvalue weighted by Crippen LogP contribution is -2.12. The van der Waals surface area contributed by atoms with Crippen LogP contribution >= 0.6 is 0 Å². The highest BCUT2D eigenvalue weighted by Crippen LogP contribution is 2.17. The summed E-state index contributed by atoms with van der Waals surface area (Å²) in [5.74, 6) is 2.22. The van der Waals surface area contributed by atoms with Crippen LogP contribution in [-0.4, -0.2) is 5.78 Å². The predicted octanol–water partition coefficient (Wildman–Crippen LogP) is 4.84. The van der Waals surface area contributed by atoms with Crippen LogP contribution in [0.25, 0.3) is 0 Å². The molecule has 0 saturated carbocycles. The molecule has 1 heteroatoms. The topological polar surface area (TPSA) is 17.1 Å². The van der Waals surface area contributed by atoms with Crippen LogP contribution in [0.1, 0.15) is 73.1 Å². The van der Waals surface area contributed by atoms with E-state index in [0.717, 1.165) is 25.2 Å². The van der Waals surface area contributed by atoms with Gasteiger partial charge in [0.1, 0.15) is 5.78 Å². The van der Waals surface area contributed by atoms with E-state index >= 15 is 0 Å². The minimum atomic E-state index is 0.280. The Morgan fingerprint density at radius 2 is 1.62 bits per heavy atom. The van der Waals surface area contributed by atoms with E-state index in [9.17, 15) is 4.79 Å². The Bertz CT molecular complexity index is 184. The van der Waals surface area contributed by atoms with Crippen LogP contribution in [-0.2, 0) is 4.79 Å². The van der Waals surface area contributed by atoms with Crippen molar-refractivity contribution in [3.63, 3.8) is 0 Å². The third-order valence-corrected chi connectivity index (χ3v) is 3.55. The van der Waals surface area contributed by atoms with Crippen LogP contribution in [0.4, 0.5) is 0 Å². The SMILES string of the molecule is CCC(C)CCC(=O)C(C)CCCC(C)C. The molecule has 0 fully saturated rings. The number of Topliss-reactive ketones (excluding diaryl/α,β-unsaturated/α-hetero) is 1. The summed E-state index contributed by atoms with van der Waals surface area (Å²) >= 11 is 0. The monoisotopic (exact) mass is 226 g/mol. The standard InChI is InChI=1S/C15H30O/c1-6-13(4)10-11-15(16)14(5)9-7-8-12(2)3/h12-14H,6-11H2,1-5H3. The van der Waals surface area contributed by atoms with Gasteiger partial charge in [-0.25, -0.2) is 0 Å². The van der Waals surface area contributed by atoms with E-state index in [2.05, 4.69) is 34.6 Å². The maximum Gasteiger partial charge on any atom is 0.135 e. The van der Waals surface area contributed by atoms with Gasteiger partial charge in [-0.15, -0.1) is 0 Å². The summed E-state index contributed by atoms with van der Waals surface area (Å²) in [6.45, 7) is 11.0. The number of rotatable bonds is 9. The molecule has 0 spiro atoms. The van der Waals surface area contributed by atoms with Crippen molar-refractivity contribution in [2.75, 3.05) is 0 Å². The van der Waals surface area contributed by atoms with Gasteiger partial charge in [0.15, 0.2) is 0 Å². The third kappa shape index (κ3) is 7.90. The second-order valence-electron chi connectivity index (χ2n) is 5.74. The van der Waals surface area contributed by atoms with Gasteiger partial charge in [-0.05, 0) is 24.7 Å². The molecule has 0 amide bonds. The average Bonchev–Trinajstić information content (AvgIpc) is 2.24. The number of carbonyl (C=O) groups excluding carboxylic acids is 1. The van der Waals surface area contributed by atoms with E-state index < -0.39 is 0 Å². The van der Waals surface area contributed by atoms with Crippen molar-refractivity contribution in [2.24, 2.45) is 17.8 Å². The Hall–Kier alpha value is -0.330. The summed E-state index contributed by atoms with van der Waals surface area (Å²) in [5, 5.41) is 0. The molecular formula is C15H30O. The van der Waals surface area contributed by atoms with E-state index in [1.54, 1.807) is 0 Å². The average molecular weight is 226 g/mol. The van der Waals surface area contributed by atoms with Gasteiger partial charge >= 0.3 is 0 Å². The molecule has 2 unspecified atom stereocenters. The number of hydrogen-bond acceptors (Lipinski definition) is 1. The zero-order chi connectivity index (χ0) is 12.6. The van der Waals surface area contributed by atoms with Gasteiger partial charge in [-0.1, -0.05) is 53.9 Å². The molecule has 0 aromatic carbocycles. The van der Waals surface area contributed by atoms with E-state index in [-0.39, 0.29) is 5.92 Å². The fourth-order valence-corrected chi connectivity index (χ4v) is 1.83. The summed E-state index contributed by atoms with van der Waals surface area (Å²) in [5.41, 5.74) is 0. The molecule has 0 aliphatic rings. The molecule has 0 radical (unpaired) electrons. The Balaban J connectivity index is 3.65. The predicted molar refractivity (Wildman–Crippen MR) is 71.5 cm³/mol. The van der Waals surface area contributed by atoms with Crippen molar-refractivity contribution in [1.82, 2.24) is 0 Å². The highest BCUT2D eigenvalue weighted by atomic mass is 16.1. The quantitative estimate of drug-likeness (QED) is 0.549. The first-order chi connectivity index (χ1) is 7.47. The van der Waals surface area contributed by atoms with Gasteiger partial charge in [0.2, 0.25) is 0 Å². The largest absolute Gasteiger partial charge is 0.299 e. The fourth-order valence-electron chi connectivity index (χ4n) is 1.83. The molecule has 0 N–H and O–H groups in total. The normalized spacial score (nSPS) is 15.1. The molecular weight excluding hydrogens is 196 g/mol. The first kappa shape index (κ1) is 15.7. The van der Waals surface area contributed by atoms with Crippen LogP contribution in [0.15, 0.2) is 0 Å². The van der Waals surface area contributed by atoms with Crippen LogP contribution < -0.4 is 0 Å². The Morgan fingerprint density at radius 1 is 1.00 bits per heavy atom. The molecule has 0 aliphatic heterocycles. The van der Waals surface area contributed by atoms with Crippen LogP contribution in [0.3, 0.4) is 0 Å².